The molecule has 2 saturated heterocycles. The second kappa shape index (κ2) is 5.80. The van der Waals surface area contributed by atoms with Gasteiger partial charge in [0.25, 0.3) is 5.91 Å². The molecule has 0 aliphatic carbocycles. The van der Waals surface area contributed by atoms with E-state index >= 15 is 0 Å². The Hall–Kier alpha value is -2.48. The fourth-order valence-corrected chi connectivity index (χ4v) is 4.00. The van der Waals surface area contributed by atoms with Crippen LogP contribution in [0.15, 0.2) is 18.5 Å². The van der Waals surface area contributed by atoms with E-state index in [0.717, 1.165) is 5.69 Å². The first kappa shape index (κ1) is 16.0. The lowest BCUT2D eigenvalue weighted by Gasteiger charge is -2.36. The van der Waals surface area contributed by atoms with Crippen LogP contribution in [0.25, 0.3) is 5.65 Å². The van der Waals surface area contributed by atoms with Crippen molar-refractivity contribution in [2.24, 2.45) is 11.3 Å². The summed E-state index contributed by atoms with van der Waals surface area (Å²) in [7, 11) is 1.64. The zero-order valence-corrected chi connectivity index (χ0v) is 14.4. The third kappa shape index (κ3) is 2.39. The van der Waals surface area contributed by atoms with E-state index in [1.165, 1.54) is 0 Å². The zero-order valence-electron chi connectivity index (χ0n) is 14.4. The van der Waals surface area contributed by atoms with Crippen LogP contribution in [-0.4, -0.2) is 64.7 Å². The van der Waals surface area contributed by atoms with Gasteiger partial charge in [-0.25, -0.2) is 9.50 Å². The maximum Gasteiger partial charge on any atom is 0.259 e. The molecule has 0 spiro atoms. The van der Waals surface area contributed by atoms with Crippen molar-refractivity contribution in [3.8, 4) is 0 Å². The Morgan fingerprint density at radius 3 is 3.08 bits per heavy atom. The van der Waals surface area contributed by atoms with Crippen molar-refractivity contribution in [2.45, 2.75) is 13.3 Å². The number of nitrogens with one attached hydrogen (secondary N) is 1. The van der Waals surface area contributed by atoms with Gasteiger partial charge < -0.3 is 15.0 Å². The summed E-state index contributed by atoms with van der Waals surface area (Å²) in [5.41, 5.74) is 1.28. The Bertz CT molecular complexity index is 848. The van der Waals surface area contributed by atoms with Crippen LogP contribution in [0.5, 0.6) is 0 Å². The van der Waals surface area contributed by atoms with Crippen molar-refractivity contribution < 1.29 is 14.3 Å². The van der Waals surface area contributed by atoms with E-state index in [9.17, 15) is 9.59 Å². The molecule has 132 valence electrons. The summed E-state index contributed by atoms with van der Waals surface area (Å²) in [5.74, 6) is -0.127. The molecule has 2 aliphatic rings. The first-order chi connectivity index (χ1) is 12.0. The number of nitrogens with zero attached hydrogens (tertiary/aromatic N) is 4. The highest BCUT2D eigenvalue weighted by Gasteiger charge is 2.54. The Kier molecular flexibility index (Phi) is 3.72. The van der Waals surface area contributed by atoms with Gasteiger partial charge in [-0.1, -0.05) is 0 Å². The molecule has 2 aromatic rings. The van der Waals surface area contributed by atoms with Gasteiger partial charge in [-0.15, -0.1) is 0 Å². The summed E-state index contributed by atoms with van der Waals surface area (Å²) in [6, 6.07) is 1.84. The monoisotopic (exact) mass is 343 g/mol. The molecule has 2 atom stereocenters. The summed E-state index contributed by atoms with van der Waals surface area (Å²) in [6.07, 6.45) is 3.97. The van der Waals surface area contributed by atoms with E-state index in [4.69, 9.17) is 4.74 Å². The number of likely N-dealkylation sites (tertiary alicyclic amines) is 1. The standard InChI is InChI=1S/C17H21N5O3/c1-11-3-5-22-14(20-11)13(7-19-22)15(23)21-8-12-9-25-6-4-17(12,10-21)16(24)18-2/h3,5,7,12H,4,6,8-10H2,1-2H3,(H,18,24)/t12-,17+/m1/s1. The van der Waals surface area contributed by atoms with Crippen molar-refractivity contribution in [1.29, 1.82) is 0 Å². The minimum absolute atomic E-state index is 0.00932. The van der Waals surface area contributed by atoms with Crippen LogP contribution in [0, 0.1) is 18.3 Å². The number of carbonyl (C=O) groups is 2. The Morgan fingerprint density at radius 1 is 1.44 bits per heavy atom. The molecule has 0 unspecified atom stereocenters. The molecule has 1 N–H and O–H groups in total. The van der Waals surface area contributed by atoms with E-state index in [1.807, 2.05) is 13.0 Å². The summed E-state index contributed by atoms with van der Waals surface area (Å²) < 4.78 is 7.16. The second-order valence-corrected chi connectivity index (χ2v) is 6.84. The minimum atomic E-state index is -0.561. The topological polar surface area (TPSA) is 88.8 Å². The van der Waals surface area contributed by atoms with E-state index in [0.29, 0.717) is 43.9 Å². The van der Waals surface area contributed by atoms with Crippen LogP contribution in [-0.2, 0) is 9.53 Å². The third-order valence-corrected chi connectivity index (χ3v) is 5.41. The molecule has 0 radical (unpaired) electrons. The van der Waals surface area contributed by atoms with Crippen LogP contribution in [0.1, 0.15) is 22.5 Å². The fraction of sp³-hybridized carbons (Fsp3) is 0.529. The largest absolute Gasteiger partial charge is 0.381 e. The normalized spacial score (nSPS) is 25.8. The van der Waals surface area contributed by atoms with Crippen molar-refractivity contribution in [3.05, 3.63) is 29.7 Å². The molecule has 8 heteroatoms. The average molecular weight is 343 g/mol. The summed E-state index contributed by atoms with van der Waals surface area (Å²) in [5, 5.41) is 6.98. The molecule has 0 saturated carbocycles. The van der Waals surface area contributed by atoms with Crippen molar-refractivity contribution in [3.63, 3.8) is 0 Å². The number of fused-ring (bicyclic) bond motifs is 2. The highest BCUT2D eigenvalue weighted by atomic mass is 16.5. The number of aromatic nitrogens is 3. The lowest BCUT2D eigenvalue weighted by atomic mass is 9.73. The first-order valence-electron chi connectivity index (χ1n) is 8.45. The molecule has 8 nitrogen and oxygen atoms in total. The Morgan fingerprint density at radius 2 is 2.28 bits per heavy atom. The fourth-order valence-electron chi connectivity index (χ4n) is 4.00. The van der Waals surface area contributed by atoms with Crippen LogP contribution in [0.3, 0.4) is 0 Å². The molecule has 2 fully saturated rings. The van der Waals surface area contributed by atoms with Gasteiger partial charge in [-0.05, 0) is 19.4 Å². The number of carbonyl (C=O) groups excluding carboxylic acids is 2. The number of ether oxygens (including phenoxy) is 1. The lowest BCUT2D eigenvalue weighted by Crippen LogP contribution is -2.49. The number of hydrogen-bond acceptors (Lipinski definition) is 5. The van der Waals surface area contributed by atoms with Gasteiger partial charge in [0.2, 0.25) is 5.91 Å². The van der Waals surface area contributed by atoms with Crippen LogP contribution in [0.2, 0.25) is 0 Å². The second-order valence-electron chi connectivity index (χ2n) is 6.84. The van der Waals surface area contributed by atoms with Crippen LogP contribution < -0.4 is 5.32 Å². The van der Waals surface area contributed by atoms with E-state index in [1.54, 1.807) is 28.9 Å². The molecule has 0 bridgehead atoms. The van der Waals surface area contributed by atoms with Crippen molar-refractivity contribution in [1.82, 2.24) is 24.8 Å². The maximum atomic E-state index is 13.1. The van der Waals surface area contributed by atoms with Gasteiger partial charge in [0.1, 0.15) is 5.56 Å². The predicted molar refractivity (Wildman–Crippen MR) is 89.1 cm³/mol. The molecule has 2 aliphatic heterocycles. The minimum Gasteiger partial charge on any atom is -0.381 e. The number of rotatable bonds is 2. The molecule has 4 heterocycles. The molecule has 4 rings (SSSR count). The predicted octanol–water partition coefficient (Wildman–Crippen LogP) is 0.262. The van der Waals surface area contributed by atoms with Gasteiger partial charge in [-0.2, -0.15) is 5.10 Å². The summed E-state index contributed by atoms with van der Waals surface area (Å²) in [6.45, 7) is 3.84. The van der Waals surface area contributed by atoms with Gasteiger partial charge in [-0.3, -0.25) is 9.59 Å². The molecule has 0 aromatic carbocycles. The number of aryl methyl sites for hydroxylation is 1. The highest BCUT2D eigenvalue weighted by molar-refractivity contribution is 6.00. The number of amides is 2. The summed E-state index contributed by atoms with van der Waals surface area (Å²) in [4.78, 5) is 31.8. The van der Waals surface area contributed by atoms with Crippen LogP contribution in [0.4, 0.5) is 0 Å². The van der Waals surface area contributed by atoms with E-state index in [-0.39, 0.29) is 17.7 Å². The Balaban J connectivity index is 1.67. The molecule has 2 aromatic heterocycles. The smallest absolute Gasteiger partial charge is 0.259 e. The van der Waals surface area contributed by atoms with Gasteiger partial charge in [0, 0.05) is 44.6 Å². The average Bonchev–Trinajstić information content (AvgIpc) is 3.22. The Labute approximate surface area is 145 Å². The van der Waals surface area contributed by atoms with Crippen molar-refractivity contribution >= 4 is 17.5 Å². The molecular weight excluding hydrogens is 322 g/mol. The van der Waals surface area contributed by atoms with Gasteiger partial charge in [0.15, 0.2) is 5.65 Å². The number of hydrogen-bond donors (Lipinski definition) is 1. The molecule has 25 heavy (non-hydrogen) atoms. The molecule has 2 amide bonds. The quantitative estimate of drug-likeness (QED) is 0.845. The maximum absolute atomic E-state index is 13.1. The zero-order chi connectivity index (χ0) is 17.6. The summed E-state index contributed by atoms with van der Waals surface area (Å²) >= 11 is 0. The molecular formula is C17H21N5O3. The van der Waals surface area contributed by atoms with Gasteiger partial charge in [0.05, 0.1) is 18.2 Å². The lowest BCUT2D eigenvalue weighted by molar-refractivity contribution is -0.138. The van der Waals surface area contributed by atoms with Gasteiger partial charge >= 0.3 is 0 Å². The SMILES string of the molecule is CNC(=O)[C@]12CCOC[C@H]1CN(C(=O)c1cnn3ccc(C)nc13)C2. The first-order valence-corrected chi connectivity index (χ1v) is 8.45. The van der Waals surface area contributed by atoms with Crippen molar-refractivity contribution in [2.75, 3.05) is 33.4 Å². The van der Waals surface area contributed by atoms with E-state index < -0.39 is 5.41 Å². The van der Waals surface area contributed by atoms with Crippen LogP contribution >= 0.6 is 0 Å². The third-order valence-electron chi connectivity index (χ3n) is 5.41. The van der Waals surface area contributed by atoms with E-state index in [2.05, 4.69) is 15.4 Å². The highest BCUT2D eigenvalue weighted by Crippen LogP contribution is 2.42.